The van der Waals surface area contributed by atoms with E-state index in [0.29, 0.717) is 18.0 Å². The van der Waals surface area contributed by atoms with Crippen LogP contribution < -0.4 is 10.5 Å². The quantitative estimate of drug-likeness (QED) is 0.779. The average Bonchev–Trinajstić information content (AvgIpc) is 2.72. The fourth-order valence-corrected chi connectivity index (χ4v) is 1.63. The van der Waals surface area contributed by atoms with E-state index in [0.717, 1.165) is 5.69 Å². The Balaban J connectivity index is 1.83. The van der Waals surface area contributed by atoms with Gasteiger partial charge in [0, 0.05) is 18.0 Å². The molecule has 1 aromatic heterocycles. The maximum Gasteiger partial charge on any atom is 0.121 e. The van der Waals surface area contributed by atoms with Gasteiger partial charge in [0.25, 0.3) is 0 Å². The van der Waals surface area contributed by atoms with Crippen LogP contribution in [-0.4, -0.2) is 27.6 Å². The molecule has 0 saturated carbocycles. The van der Waals surface area contributed by atoms with Crippen molar-refractivity contribution in [3.8, 4) is 5.75 Å². The van der Waals surface area contributed by atoms with Gasteiger partial charge >= 0.3 is 0 Å². The van der Waals surface area contributed by atoms with E-state index in [2.05, 4.69) is 5.10 Å². The number of ether oxygens (including phenoxy) is 1. The van der Waals surface area contributed by atoms with Gasteiger partial charge in [0.05, 0.1) is 12.2 Å². The lowest BCUT2D eigenvalue weighted by Crippen LogP contribution is -2.23. The number of nitrogen functional groups attached to an aromatic ring is 1. The lowest BCUT2D eigenvalue weighted by Gasteiger charge is -2.12. The molecule has 1 unspecified atom stereocenters. The van der Waals surface area contributed by atoms with E-state index in [1.165, 1.54) is 0 Å². The van der Waals surface area contributed by atoms with Gasteiger partial charge in [0.15, 0.2) is 0 Å². The molecular formula is C13H17N3O2. The summed E-state index contributed by atoms with van der Waals surface area (Å²) in [6, 6.07) is 9.03. The van der Waals surface area contributed by atoms with Crippen LogP contribution in [-0.2, 0) is 6.54 Å². The zero-order chi connectivity index (χ0) is 13.0. The van der Waals surface area contributed by atoms with Crippen molar-refractivity contribution in [3.63, 3.8) is 0 Å². The molecular weight excluding hydrogens is 230 g/mol. The molecule has 18 heavy (non-hydrogen) atoms. The van der Waals surface area contributed by atoms with Gasteiger partial charge in [-0.15, -0.1) is 0 Å². The molecule has 2 aromatic rings. The molecule has 0 aliphatic heterocycles. The van der Waals surface area contributed by atoms with Gasteiger partial charge in [0.1, 0.15) is 18.5 Å². The van der Waals surface area contributed by atoms with Crippen LogP contribution in [0.1, 0.15) is 5.69 Å². The van der Waals surface area contributed by atoms with E-state index >= 15 is 0 Å². The van der Waals surface area contributed by atoms with E-state index in [4.69, 9.17) is 10.5 Å². The van der Waals surface area contributed by atoms with Crippen molar-refractivity contribution in [1.82, 2.24) is 9.78 Å². The first kappa shape index (κ1) is 12.4. The van der Waals surface area contributed by atoms with Crippen molar-refractivity contribution >= 4 is 5.69 Å². The number of nitrogens with zero attached hydrogens (tertiary/aromatic N) is 2. The SMILES string of the molecule is Cc1ccn(CC(O)COc2cccc(N)c2)n1. The molecule has 0 radical (unpaired) electrons. The Bertz CT molecular complexity index is 510. The maximum atomic E-state index is 9.83. The lowest BCUT2D eigenvalue weighted by molar-refractivity contribution is 0.0893. The molecule has 0 amide bonds. The molecule has 5 nitrogen and oxygen atoms in total. The summed E-state index contributed by atoms with van der Waals surface area (Å²) in [4.78, 5) is 0. The Kier molecular flexibility index (Phi) is 3.84. The van der Waals surface area contributed by atoms with E-state index in [9.17, 15) is 5.11 Å². The number of hydrogen-bond donors (Lipinski definition) is 2. The Labute approximate surface area is 106 Å². The molecule has 1 atom stereocenters. The van der Waals surface area contributed by atoms with Crippen LogP contribution in [0.25, 0.3) is 0 Å². The molecule has 1 aromatic carbocycles. The first-order chi connectivity index (χ1) is 8.63. The summed E-state index contributed by atoms with van der Waals surface area (Å²) in [6.07, 6.45) is 1.23. The second-order valence-corrected chi connectivity index (χ2v) is 4.22. The fourth-order valence-electron chi connectivity index (χ4n) is 1.63. The first-order valence-corrected chi connectivity index (χ1v) is 5.80. The van der Waals surface area contributed by atoms with E-state index in [1.54, 1.807) is 22.9 Å². The summed E-state index contributed by atoms with van der Waals surface area (Å²) < 4.78 is 7.15. The number of aryl methyl sites for hydroxylation is 1. The zero-order valence-electron chi connectivity index (χ0n) is 10.3. The minimum absolute atomic E-state index is 0.211. The third-order valence-corrected chi connectivity index (χ3v) is 2.47. The van der Waals surface area contributed by atoms with Crippen molar-refractivity contribution in [2.24, 2.45) is 0 Å². The Morgan fingerprint density at radius 3 is 2.94 bits per heavy atom. The van der Waals surface area contributed by atoms with Crippen molar-refractivity contribution in [1.29, 1.82) is 0 Å². The molecule has 0 bridgehead atoms. The van der Waals surface area contributed by atoms with Crippen molar-refractivity contribution in [2.45, 2.75) is 19.6 Å². The van der Waals surface area contributed by atoms with Crippen LogP contribution in [0.3, 0.4) is 0 Å². The highest BCUT2D eigenvalue weighted by Gasteiger charge is 2.07. The zero-order valence-corrected chi connectivity index (χ0v) is 10.3. The van der Waals surface area contributed by atoms with Crippen LogP contribution in [0, 0.1) is 6.92 Å². The van der Waals surface area contributed by atoms with E-state index in [1.807, 2.05) is 25.3 Å². The molecule has 1 heterocycles. The number of aliphatic hydroxyl groups is 1. The third kappa shape index (κ3) is 3.49. The molecule has 0 aliphatic carbocycles. The highest BCUT2D eigenvalue weighted by molar-refractivity contribution is 5.43. The van der Waals surface area contributed by atoms with Crippen LogP contribution in [0.2, 0.25) is 0 Å². The standard InChI is InChI=1S/C13H17N3O2/c1-10-5-6-16(15-10)8-12(17)9-18-13-4-2-3-11(14)7-13/h2-7,12,17H,8-9,14H2,1H3. The van der Waals surface area contributed by atoms with Gasteiger partial charge in [-0.3, -0.25) is 4.68 Å². The number of hydrogen-bond acceptors (Lipinski definition) is 4. The number of anilines is 1. The third-order valence-electron chi connectivity index (χ3n) is 2.47. The van der Waals surface area contributed by atoms with Gasteiger partial charge in [0.2, 0.25) is 0 Å². The molecule has 96 valence electrons. The van der Waals surface area contributed by atoms with E-state index in [-0.39, 0.29) is 6.61 Å². The number of rotatable bonds is 5. The summed E-state index contributed by atoms with van der Waals surface area (Å²) in [5.74, 6) is 0.658. The molecule has 0 spiro atoms. The topological polar surface area (TPSA) is 73.3 Å². The molecule has 2 rings (SSSR count). The summed E-state index contributed by atoms with van der Waals surface area (Å²) in [7, 11) is 0. The highest BCUT2D eigenvalue weighted by atomic mass is 16.5. The Morgan fingerprint density at radius 2 is 2.28 bits per heavy atom. The summed E-state index contributed by atoms with van der Waals surface area (Å²) in [5, 5.41) is 14.0. The summed E-state index contributed by atoms with van der Waals surface area (Å²) in [5.41, 5.74) is 7.21. The fraction of sp³-hybridized carbons (Fsp3) is 0.308. The van der Waals surface area contributed by atoms with Crippen molar-refractivity contribution < 1.29 is 9.84 Å². The lowest BCUT2D eigenvalue weighted by atomic mass is 10.3. The normalized spacial score (nSPS) is 12.3. The van der Waals surface area contributed by atoms with Crippen LogP contribution in [0.4, 0.5) is 5.69 Å². The van der Waals surface area contributed by atoms with Gasteiger partial charge in [-0.2, -0.15) is 5.10 Å². The molecule has 0 aliphatic rings. The van der Waals surface area contributed by atoms with Crippen LogP contribution in [0.15, 0.2) is 36.5 Å². The minimum atomic E-state index is -0.606. The number of aliphatic hydroxyl groups excluding tert-OH is 1. The van der Waals surface area contributed by atoms with E-state index < -0.39 is 6.10 Å². The maximum absolute atomic E-state index is 9.83. The predicted octanol–water partition coefficient (Wildman–Crippen LogP) is 1.21. The smallest absolute Gasteiger partial charge is 0.121 e. The number of nitrogens with two attached hydrogens (primary N) is 1. The molecule has 0 fully saturated rings. The minimum Gasteiger partial charge on any atom is -0.491 e. The molecule has 0 saturated heterocycles. The second kappa shape index (κ2) is 5.55. The molecule has 5 heteroatoms. The number of benzene rings is 1. The predicted molar refractivity (Wildman–Crippen MR) is 69.3 cm³/mol. The van der Waals surface area contributed by atoms with Crippen molar-refractivity contribution in [3.05, 3.63) is 42.2 Å². The van der Waals surface area contributed by atoms with Gasteiger partial charge < -0.3 is 15.6 Å². The summed E-state index contributed by atoms with van der Waals surface area (Å²) in [6.45, 7) is 2.53. The molecule has 3 N–H and O–H groups in total. The monoisotopic (exact) mass is 247 g/mol. The Morgan fingerprint density at radius 1 is 1.44 bits per heavy atom. The van der Waals surface area contributed by atoms with Gasteiger partial charge in [-0.05, 0) is 25.1 Å². The average molecular weight is 247 g/mol. The van der Waals surface area contributed by atoms with Crippen molar-refractivity contribution in [2.75, 3.05) is 12.3 Å². The van der Waals surface area contributed by atoms with Crippen LogP contribution >= 0.6 is 0 Å². The van der Waals surface area contributed by atoms with Gasteiger partial charge in [-0.1, -0.05) is 6.07 Å². The highest BCUT2D eigenvalue weighted by Crippen LogP contribution is 2.14. The largest absolute Gasteiger partial charge is 0.491 e. The number of aromatic nitrogens is 2. The summed E-state index contributed by atoms with van der Waals surface area (Å²) >= 11 is 0. The first-order valence-electron chi connectivity index (χ1n) is 5.80. The van der Waals surface area contributed by atoms with Gasteiger partial charge in [-0.25, -0.2) is 0 Å². The van der Waals surface area contributed by atoms with Crippen LogP contribution in [0.5, 0.6) is 5.75 Å². The Hall–Kier alpha value is -2.01. The second-order valence-electron chi connectivity index (χ2n) is 4.22.